The molecule has 1 nitrogen and oxygen atoms in total. The second-order valence-electron chi connectivity index (χ2n) is 7.89. The Morgan fingerprint density at radius 1 is 0.714 bits per heavy atom. The molecule has 1 N–H and O–H groups in total. The first-order valence-electron chi connectivity index (χ1n) is 6.67. The van der Waals surface area contributed by atoms with Crippen LogP contribution >= 0.6 is 0 Å². The van der Waals surface area contributed by atoms with Crippen molar-refractivity contribution in [2.45, 2.75) is 72.3 Å². The molecule has 0 aromatic rings. The van der Waals surface area contributed by atoms with Crippen LogP contribution < -0.4 is 0 Å². The quantitative estimate of drug-likeness (QED) is 0.696. The fourth-order valence-electron chi connectivity index (χ4n) is 2.17. The lowest BCUT2D eigenvalue weighted by molar-refractivity contribution is -0.374. The summed E-state index contributed by atoms with van der Waals surface area (Å²) < 4.78 is 76.9. The molecular formula is C14H24F6O. The minimum absolute atomic E-state index is 0.144. The van der Waals surface area contributed by atoms with E-state index in [9.17, 15) is 31.4 Å². The van der Waals surface area contributed by atoms with Gasteiger partial charge in [-0.2, -0.15) is 26.3 Å². The molecule has 21 heavy (non-hydrogen) atoms. The summed E-state index contributed by atoms with van der Waals surface area (Å²) in [6, 6.07) is 0. The summed E-state index contributed by atoms with van der Waals surface area (Å²) in [6.45, 7) is 9.97. The lowest BCUT2D eigenvalue weighted by atomic mass is 9.67. The molecule has 1 unspecified atom stereocenters. The van der Waals surface area contributed by atoms with Crippen molar-refractivity contribution in [2.24, 2.45) is 16.7 Å². The minimum Gasteiger partial charge on any atom is -0.374 e. The summed E-state index contributed by atoms with van der Waals surface area (Å²) in [5.74, 6) is -0.939. The Morgan fingerprint density at radius 2 is 1.05 bits per heavy atom. The summed E-state index contributed by atoms with van der Waals surface area (Å²) in [4.78, 5) is 0. The molecule has 0 aliphatic heterocycles. The number of rotatable bonds is 3. The Hall–Kier alpha value is -0.460. The van der Waals surface area contributed by atoms with Crippen LogP contribution in [0.15, 0.2) is 0 Å². The lowest BCUT2D eigenvalue weighted by Gasteiger charge is -2.42. The van der Waals surface area contributed by atoms with Crippen LogP contribution in [-0.4, -0.2) is 23.1 Å². The highest BCUT2D eigenvalue weighted by atomic mass is 19.4. The third-order valence-corrected chi connectivity index (χ3v) is 3.56. The molecule has 128 valence electrons. The average molecular weight is 322 g/mol. The molecular weight excluding hydrogens is 298 g/mol. The maximum absolute atomic E-state index is 12.8. The largest absolute Gasteiger partial charge is 0.426 e. The molecule has 0 saturated carbocycles. The molecule has 0 saturated heterocycles. The van der Waals surface area contributed by atoms with Crippen molar-refractivity contribution in [3.8, 4) is 0 Å². The molecule has 7 heteroatoms. The highest BCUT2D eigenvalue weighted by Gasteiger charge is 2.70. The Morgan fingerprint density at radius 3 is 1.24 bits per heavy atom. The number of aliphatic hydroxyl groups is 1. The average Bonchev–Trinajstić information content (AvgIpc) is 2.08. The van der Waals surface area contributed by atoms with Gasteiger partial charge in [0.25, 0.3) is 5.60 Å². The van der Waals surface area contributed by atoms with Gasteiger partial charge in [-0.1, -0.05) is 41.5 Å². The van der Waals surface area contributed by atoms with Crippen molar-refractivity contribution in [3.05, 3.63) is 0 Å². The van der Waals surface area contributed by atoms with E-state index in [1.807, 2.05) is 0 Å². The normalized spacial score (nSPS) is 17.0. The van der Waals surface area contributed by atoms with Gasteiger partial charge < -0.3 is 5.11 Å². The Labute approximate surface area is 121 Å². The van der Waals surface area contributed by atoms with Gasteiger partial charge in [-0.05, 0) is 29.6 Å². The standard InChI is InChI=1S/C14H24F6O/c1-10(2,3)7-9(11(4,5)6)8-12(21,13(15,16)17)14(18,19)20/h9,21H,7-8H2,1-6H3. The van der Waals surface area contributed by atoms with E-state index in [4.69, 9.17) is 0 Å². The first-order valence-corrected chi connectivity index (χ1v) is 6.67. The second-order valence-corrected chi connectivity index (χ2v) is 7.89. The van der Waals surface area contributed by atoms with Crippen LogP contribution in [0.5, 0.6) is 0 Å². The first kappa shape index (κ1) is 20.5. The Bertz CT molecular complexity index is 328. The van der Waals surface area contributed by atoms with Crippen LogP contribution in [0.3, 0.4) is 0 Å². The van der Waals surface area contributed by atoms with Crippen LogP contribution in [0, 0.1) is 16.7 Å². The van der Waals surface area contributed by atoms with E-state index in [1.54, 1.807) is 41.5 Å². The van der Waals surface area contributed by atoms with E-state index in [-0.39, 0.29) is 6.42 Å². The third kappa shape index (κ3) is 5.34. The van der Waals surface area contributed by atoms with Gasteiger partial charge in [-0.25, -0.2) is 0 Å². The van der Waals surface area contributed by atoms with Gasteiger partial charge in [0.05, 0.1) is 0 Å². The molecule has 0 aliphatic rings. The molecule has 0 aromatic carbocycles. The van der Waals surface area contributed by atoms with Crippen LogP contribution in [0.2, 0.25) is 0 Å². The first-order chi connectivity index (χ1) is 8.81. The van der Waals surface area contributed by atoms with Crippen molar-refractivity contribution >= 4 is 0 Å². The topological polar surface area (TPSA) is 20.2 Å². The Kier molecular flexibility index (Phi) is 5.51. The predicted octanol–water partition coefficient (Wildman–Crippen LogP) is 5.33. The van der Waals surface area contributed by atoms with E-state index in [2.05, 4.69) is 0 Å². The summed E-state index contributed by atoms with van der Waals surface area (Å²) in [7, 11) is 0. The maximum atomic E-state index is 12.8. The van der Waals surface area contributed by atoms with Gasteiger partial charge in [0.2, 0.25) is 0 Å². The van der Waals surface area contributed by atoms with Crippen molar-refractivity contribution in [1.82, 2.24) is 0 Å². The molecule has 0 fully saturated rings. The van der Waals surface area contributed by atoms with Gasteiger partial charge in [-0.15, -0.1) is 0 Å². The van der Waals surface area contributed by atoms with Gasteiger partial charge >= 0.3 is 12.4 Å². The van der Waals surface area contributed by atoms with Gasteiger partial charge in [0, 0.05) is 0 Å². The second kappa shape index (κ2) is 5.63. The monoisotopic (exact) mass is 322 g/mol. The van der Waals surface area contributed by atoms with Crippen molar-refractivity contribution in [1.29, 1.82) is 0 Å². The fourth-order valence-corrected chi connectivity index (χ4v) is 2.17. The lowest BCUT2D eigenvalue weighted by Crippen LogP contribution is -2.58. The third-order valence-electron chi connectivity index (χ3n) is 3.56. The van der Waals surface area contributed by atoms with Crippen molar-refractivity contribution in [3.63, 3.8) is 0 Å². The minimum atomic E-state index is -5.76. The van der Waals surface area contributed by atoms with E-state index in [1.165, 1.54) is 0 Å². The van der Waals surface area contributed by atoms with E-state index in [0.29, 0.717) is 0 Å². The van der Waals surface area contributed by atoms with Gasteiger partial charge in [0.1, 0.15) is 0 Å². The molecule has 0 rings (SSSR count). The summed E-state index contributed by atoms with van der Waals surface area (Å²) >= 11 is 0. The summed E-state index contributed by atoms with van der Waals surface area (Å²) in [5, 5.41) is 9.36. The molecule has 0 amide bonds. The molecule has 0 radical (unpaired) electrons. The van der Waals surface area contributed by atoms with Crippen LogP contribution in [0.1, 0.15) is 54.4 Å². The Balaban J connectivity index is 5.66. The van der Waals surface area contributed by atoms with E-state index < -0.39 is 41.1 Å². The van der Waals surface area contributed by atoms with Crippen LogP contribution in [0.4, 0.5) is 26.3 Å². The zero-order chi connectivity index (χ0) is 17.5. The summed E-state index contributed by atoms with van der Waals surface area (Å²) in [6.07, 6.45) is -12.8. The highest BCUT2D eigenvalue weighted by Crippen LogP contribution is 2.51. The molecule has 0 aliphatic carbocycles. The molecule has 0 spiro atoms. The van der Waals surface area contributed by atoms with Gasteiger partial charge in [-0.3, -0.25) is 0 Å². The fraction of sp³-hybridized carbons (Fsp3) is 1.00. The maximum Gasteiger partial charge on any atom is 0.426 e. The number of hydrogen-bond donors (Lipinski definition) is 1. The summed E-state index contributed by atoms with van der Waals surface area (Å²) in [5.41, 5.74) is -5.92. The zero-order valence-electron chi connectivity index (χ0n) is 13.2. The number of alkyl halides is 6. The highest BCUT2D eigenvalue weighted by molar-refractivity contribution is 4.97. The number of halogens is 6. The molecule has 0 aromatic heterocycles. The zero-order valence-corrected chi connectivity index (χ0v) is 13.2. The van der Waals surface area contributed by atoms with E-state index >= 15 is 0 Å². The molecule has 0 bridgehead atoms. The molecule has 1 atom stereocenters. The van der Waals surface area contributed by atoms with Crippen molar-refractivity contribution < 1.29 is 31.4 Å². The van der Waals surface area contributed by atoms with E-state index in [0.717, 1.165) is 0 Å². The smallest absolute Gasteiger partial charge is 0.374 e. The van der Waals surface area contributed by atoms with Gasteiger partial charge in [0.15, 0.2) is 0 Å². The van der Waals surface area contributed by atoms with Crippen LogP contribution in [0.25, 0.3) is 0 Å². The molecule has 0 heterocycles. The van der Waals surface area contributed by atoms with Crippen LogP contribution in [-0.2, 0) is 0 Å². The number of hydrogen-bond acceptors (Lipinski definition) is 1. The predicted molar refractivity (Wildman–Crippen MR) is 68.7 cm³/mol. The SMILES string of the molecule is CC(C)(C)CC(CC(O)(C(F)(F)F)C(F)(F)F)C(C)(C)C. The van der Waals surface area contributed by atoms with Crippen molar-refractivity contribution in [2.75, 3.05) is 0 Å².